The van der Waals surface area contributed by atoms with E-state index in [1.807, 2.05) is 13.8 Å². The highest BCUT2D eigenvalue weighted by Crippen LogP contribution is 2.59. The number of aromatic nitrogens is 2. The molecule has 10 nitrogen and oxygen atoms in total. The number of H-pyrrole nitrogens is 1. The van der Waals surface area contributed by atoms with E-state index in [9.17, 15) is 9.59 Å². The maximum Gasteiger partial charge on any atom is 0.438 e. The van der Waals surface area contributed by atoms with Crippen LogP contribution < -0.4 is 11.1 Å². The van der Waals surface area contributed by atoms with Crippen molar-refractivity contribution >= 4 is 6.09 Å². The second-order valence-corrected chi connectivity index (χ2v) is 10.2. The molecule has 0 aromatic carbocycles. The number of ether oxygens (including phenoxy) is 4. The molecule has 1 spiro atoms. The van der Waals surface area contributed by atoms with Crippen LogP contribution in [0.15, 0.2) is 21.0 Å². The Labute approximate surface area is 193 Å². The summed E-state index contributed by atoms with van der Waals surface area (Å²) in [5.74, 6) is -0.517. The summed E-state index contributed by atoms with van der Waals surface area (Å²) in [5.41, 5.74) is 0.567. The molecule has 184 valence electrons. The smallest absolute Gasteiger partial charge is 0.438 e. The number of alkyl carbamates (subject to hydrolysis) is 1. The van der Waals surface area contributed by atoms with Crippen LogP contribution in [0.5, 0.6) is 0 Å². The van der Waals surface area contributed by atoms with Crippen molar-refractivity contribution in [3.05, 3.63) is 28.0 Å². The summed E-state index contributed by atoms with van der Waals surface area (Å²) in [7, 11) is 1.64. The molecule has 3 fully saturated rings. The lowest BCUT2D eigenvalue weighted by Crippen LogP contribution is -2.56. The Morgan fingerprint density at radius 3 is 2.67 bits per heavy atom. The number of epoxide rings is 2. The number of amides is 1. The Morgan fingerprint density at radius 1 is 1.39 bits per heavy atom. The molecule has 3 heterocycles. The van der Waals surface area contributed by atoms with Gasteiger partial charge in [0, 0.05) is 7.11 Å². The molecule has 4 rings (SSSR count). The Kier molecular flexibility index (Phi) is 6.45. The van der Waals surface area contributed by atoms with Gasteiger partial charge in [-0.25, -0.2) is 9.59 Å². The van der Waals surface area contributed by atoms with Crippen LogP contribution in [0.4, 0.5) is 4.79 Å². The summed E-state index contributed by atoms with van der Waals surface area (Å²) < 4.78 is 28.5. The van der Waals surface area contributed by atoms with Gasteiger partial charge in [0.2, 0.25) is 0 Å². The van der Waals surface area contributed by atoms with Crippen LogP contribution >= 0.6 is 0 Å². The molecule has 0 radical (unpaired) electrons. The Bertz CT molecular complexity index is 946. The van der Waals surface area contributed by atoms with Crippen LogP contribution in [0, 0.1) is 11.8 Å². The number of methoxy groups -OCH3 is 1. The lowest BCUT2D eigenvalue weighted by Gasteiger charge is -2.42. The zero-order valence-corrected chi connectivity index (χ0v) is 20.2. The molecular weight excluding hydrogens is 430 g/mol. The lowest BCUT2D eigenvalue weighted by molar-refractivity contribution is -0.118. The molecular formula is C23H35N3O7. The van der Waals surface area contributed by atoms with E-state index in [0.29, 0.717) is 13.0 Å². The van der Waals surface area contributed by atoms with Crippen molar-refractivity contribution in [2.45, 2.75) is 89.4 Å². The summed E-state index contributed by atoms with van der Waals surface area (Å²) in [6, 6.07) is -0.555. The Balaban J connectivity index is 1.46. The molecule has 7 atom stereocenters. The Morgan fingerprint density at radius 2 is 2.12 bits per heavy atom. The molecule has 0 bridgehead atoms. The average Bonchev–Trinajstić information content (AvgIpc) is 3.62. The second-order valence-electron chi connectivity index (χ2n) is 10.2. The van der Waals surface area contributed by atoms with Crippen LogP contribution in [0.1, 0.15) is 65.7 Å². The van der Waals surface area contributed by atoms with Gasteiger partial charge in [0.1, 0.15) is 23.4 Å². The number of hydrogen-bond donors (Lipinski definition) is 2. The zero-order chi connectivity index (χ0) is 24.0. The topological polar surface area (TPSA) is 132 Å². The van der Waals surface area contributed by atoms with Gasteiger partial charge < -0.3 is 24.3 Å². The van der Waals surface area contributed by atoms with Crippen molar-refractivity contribution in [1.29, 1.82) is 0 Å². The van der Waals surface area contributed by atoms with E-state index in [1.54, 1.807) is 7.11 Å². The van der Waals surface area contributed by atoms with E-state index < -0.39 is 29.6 Å². The summed E-state index contributed by atoms with van der Waals surface area (Å²) in [5, 5.41) is 6.52. The van der Waals surface area contributed by atoms with Crippen LogP contribution in [-0.2, 0) is 18.9 Å². The number of allylic oxidation sites excluding steroid dienone is 1. The molecule has 1 aromatic rings. The average molecular weight is 466 g/mol. The maximum atomic E-state index is 12.8. The van der Waals surface area contributed by atoms with Crippen molar-refractivity contribution in [2.75, 3.05) is 13.7 Å². The van der Waals surface area contributed by atoms with Crippen molar-refractivity contribution in [2.24, 2.45) is 11.8 Å². The highest BCUT2D eigenvalue weighted by molar-refractivity contribution is 5.68. The molecule has 1 amide bonds. The van der Waals surface area contributed by atoms with E-state index >= 15 is 0 Å². The van der Waals surface area contributed by atoms with Crippen molar-refractivity contribution < 1.29 is 28.3 Å². The fourth-order valence-corrected chi connectivity index (χ4v) is 5.29. The van der Waals surface area contributed by atoms with Gasteiger partial charge in [0.25, 0.3) is 0 Å². The number of rotatable bonds is 8. The number of nitrogens with zero attached hydrogens (tertiary/aromatic N) is 1. The summed E-state index contributed by atoms with van der Waals surface area (Å²) >= 11 is 0. The quantitative estimate of drug-likeness (QED) is 0.442. The van der Waals surface area contributed by atoms with Gasteiger partial charge in [-0.1, -0.05) is 30.7 Å². The van der Waals surface area contributed by atoms with E-state index in [-0.39, 0.29) is 35.5 Å². The number of hydrogen-bond acceptors (Lipinski definition) is 8. The normalized spacial score (nSPS) is 35.8. The van der Waals surface area contributed by atoms with E-state index in [0.717, 1.165) is 12.8 Å². The molecule has 2 N–H and O–H groups in total. The SMILES string of the molecule is CO[C@H]1C([C@@]2(C)O[C@@H]2CC=C(C)C)[C@]2(CC[C@H]1OC(=O)N[C@H](c1noc(=O)[nH]1)C(C)C)CO2. The number of aromatic amines is 1. The molecule has 3 aliphatic rings. The van der Waals surface area contributed by atoms with Gasteiger partial charge in [-0.3, -0.25) is 9.51 Å². The highest BCUT2D eigenvalue weighted by atomic mass is 16.6. The molecule has 1 unspecified atom stereocenters. The molecule has 1 aliphatic carbocycles. The van der Waals surface area contributed by atoms with Crippen molar-refractivity contribution in [1.82, 2.24) is 15.5 Å². The van der Waals surface area contributed by atoms with Crippen LogP contribution in [0.2, 0.25) is 0 Å². The van der Waals surface area contributed by atoms with Gasteiger partial charge in [0.15, 0.2) is 5.82 Å². The summed E-state index contributed by atoms with van der Waals surface area (Å²) in [4.78, 5) is 26.7. The molecule has 2 aliphatic heterocycles. The minimum atomic E-state index is -0.671. The van der Waals surface area contributed by atoms with Crippen molar-refractivity contribution in [3.63, 3.8) is 0 Å². The van der Waals surface area contributed by atoms with Crippen LogP contribution in [0.3, 0.4) is 0 Å². The largest absolute Gasteiger partial charge is 0.443 e. The predicted molar refractivity (Wildman–Crippen MR) is 118 cm³/mol. The monoisotopic (exact) mass is 465 g/mol. The predicted octanol–water partition coefficient (Wildman–Crippen LogP) is 2.86. The fraction of sp³-hybridized carbons (Fsp3) is 0.783. The summed E-state index contributed by atoms with van der Waals surface area (Å²) in [6.07, 6.45) is 3.08. The van der Waals surface area contributed by atoms with Crippen molar-refractivity contribution in [3.8, 4) is 0 Å². The lowest BCUT2D eigenvalue weighted by atomic mass is 9.68. The molecule has 10 heteroatoms. The first kappa shape index (κ1) is 24.0. The molecule has 1 aromatic heterocycles. The van der Waals surface area contributed by atoms with Gasteiger partial charge in [-0.2, -0.15) is 0 Å². The summed E-state index contributed by atoms with van der Waals surface area (Å²) in [6.45, 7) is 10.7. The number of carbonyl (C=O) groups is 1. The van der Waals surface area contributed by atoms with Gasteiger partial charge >= 0.3 is 11.8 Å². The fourth-order valence-electron chi connectivity index (χ4n) is 5.29. The van der Waals surface area contributed by atoms with Gasteiger partial charge in [0.05, 0.1) is 24.7 Å². The Hall–Kier alpha value is -2.17. The van der Waals surface area contributed by atoms with Crippen LogP contribution in [-0.4, -0.2) is 59.5 Å². The third-order valence-corrected chi connectivity index (χ3v) is 7.19. The first-order valence-electron chi connectivity index (χ1n) is 11.6. The van der Waals surface area contributed by atoms with E-state index in [4.69, 9.17) is 18.9 Å². The molecule has 2 saturated heterocycles. The third kappa shape index (κ3) is 4.74. The minimum absolute atomic E-state index is 0.0478. The van der Waals surface area contributed by atoms with Gasteiger partial charge in [-0.15, -0.1) is 0 Å². The first-order valence-corrected chi connectivity index (χ1v) is 11.6. The number of nitrogens with one attached hydrogen (secondary N) is 2. The van der Waals surface area contributed by atoms with Crippen LogP contribution in [0.25, 0.3) is 0 Å². The second kappa shape index (κ2) is 8.88. The highest BCUT2D eigenvalue weighted by Gasteiger charge is 2.72. The first-order chi connectivity index (χ1) is 15.6. The minimum Gasteiger partial charge on any atom is -0.443 e. The van der Waals surface area contributed by atoms with E-state index in [1.165, 1.54) is 5.57 Å². The molecule has 1 saturated carbocycles. The van der Waals surface area contributed by atoms with E-state index in [2.05, 4.69) is 46.8 Å². The maximum absolute atomic E-state index is 12.8. The van der Waals surface area contributed by atoms with Gasteiger partial charge in [-0.05, 0) is 46.0 Å². The zero-order valence-electron chi connectivity index (χ0n) is 20.2. The third-order valence-electron chi connectivity index (χ3n) is 7.19. The number of carbonyl (C=O) groups excluding carboxylic acids is 1. The standard InChI is InChI=1S/C23H35N3O7/c1-12(2)7-8-15-22(5,32-15)18-17(29-6)14(9-10-23(18)11-30-23)31-20(27)24-16(13(3)4)19-25-21(28)33-26-19/h7,13-18H,8-11H2,1-6H3,(H,24,27)(H,25,26,28)/t14-,15-,16+,17-,18?,22+,23+/m1/s1. The molecule has 33 heavy (non-hydrogen) atoms.